The molecule has 0 atom stereocenters. The Hall–Kier alpha value is -2.70. The Kier molecular flexibility index (Phi) is 3.79. The van der Waals surface area contributed by atoms with E-state index in [9.17, 15) is 0 Å². The molecule has 1 aromatic carbocycles. The van der Waals surface area contributed by atoms with Gasteiger partial charge in [0.15, 0.2) is 11.5 Å². The number of ether oxygens (including phenoxy) is 3. The monoisotopic (exact) mass is 276 g/mol. The van der Waals surface area contributed by atoms with E-state index in [0.717, 1.165) is 0 Å². The fourth-order valence-corrected chi connectivity index (χ4v) is 1.93. The Balaban J connectivity index is 2.68. The first-order chi connectivity index (χ1) is 9.62. The van der Waals surface area contributed by atoms with Crippen LogP contribution in [0.1, 0.15) is 0 Å². The summed E-state index contributed by atoms with van der Waals surface area (Å²) in [6.45, 7) is 0. The molecule has 0 fully saturated rings. The lowest BCUT2D eigenvalue weighted by molar-refractivity contribution is 0.325. The van der Waals surface area contributed by atoms with Crippen LogP contribution < -0.4 is 25.7 Å². The van der Waals surface area contributed by atoms with Crippen LogP contribution >= 0.6 is 0 Å². The summed E-state index contributed by atoms with van der Waals surface area (Å²) in [4.78, 5) is 7.89. The second kappa shape index (κ2) is 5.52. The first-order valence-electron chi connectivity index (χ1n) is 5.79. The fourth-order valence-electron chi connectivity index (χ4n) is 1.93. The van der Waals surface area contributed by atoms with Gasteiger partial charge in [0.05, 0.1) is 21.3 Å². The lowest BCUT2D eigenvalue weighted by Crippen LogP contribution is -2.03. The van der Waals surface area contributed by atoms with E-state index in [1.807, 2.05) is 0 Å². The van der Waals surface area contributed by atoms with Crippen LogP contribution in [0, 0.1) is 0 Å². The summed E-state index contributed by atoms with van der Waals surface area (Å²) < 4.78 is 16.0. The predicted octanol–water partition coefficient (Wildman–Crippen LogP) is 1.33. The van der Waals surface area contributed by atoms with Gasteiger partial charge in [-0.05, 0) is 12.1 Å². The molecule has 0 bridgehead atoms. The second-order valence-corrected chi connectivity index (χ2v) is 3.91. The van der Waals surface area contributed by atoms with Crippen molar-refractivity contribution in [3.05, 3.63) is 18.3 Å². The number of nitrogens with zero attached hydrogens (tertiary/aromatic N) is 2. The highest BCUT2D eigenvalue weighted by Crippen LogP contribution is 2.45. The summed E-state index contributed by atoms with van der Waals surface area (Å²) in [6, 6.07) is 3.55. The minimum Gasteiger partial charge on any atom is -0.493 e. The van der Waals surface area contributed by atoms with Crippen LogP contribution in [0.5, 0.6) is 17.2 Å². The zero-order valence-electron chi connectivity index (χ0n) is 11.5. The molecule has 20 heavy (non-hydrogen) atoms. The summed E-state index contributed by atoms with van der Waals surface area (Å²) in [7, 11) is 4.62. The number of rotatable bonds is 4. The van der Waals surface area contributed by atoms with E-state index in [1.54, 1.807) is 25.4 Å². The van der Waals surface area contributed by atoms with Crippen LogP contribution in [0.3, 0.4) is 0 Å². The van der Waals surface area contributed by atoms with E-state index in [1.165, 1.54) is 14.2 Å². The molecule has 106 valence electrons. The van der Waals surface area contributed by atoms with Gasteiger partial charge >= 0.3 is 0 Å². The quantitative estimate of drug-likeness (QED) is 0.867. The van der Waals surface area contributed by atoms with Crippen LogP contribution in [0.4, 0.5) is 11.8 Å². The summed E-state index contributed by atoms with van der Waals surface area (Å²) in [5.74, 6) is 1.91. The van der Waals surface area contributed by atoms with Crippen molar-refractivity contribution in [2.45, 2.75) is 0 Å². The van der Waals surface area contributed by atoms with Crippen molar-refractivity contribution in [1.82, 2.24) is 9.97 Å². The third kappa shape index (κ3) is 2.25. The number of nitrogen functional groups attached to an aromatic ring is 2. The Morgan fingerprint density at radius 1 is 0.900 bits per heavy atom. The topological polar surface area (TPSA) is 106 Å². The van der Waals surface area contributed by atoms with Gasteiger partial charge in [-0.2, -0.15) is 4.98 Å². The number of aromatic nitrogens is 2. The number of methoxy groups -OCH3 is 3. The van der Waals surface area contributed by atoms with E-state index in [2.05, 4.69) is 9.97 Å². The van der Waals surface area contributed by atoms with Gasteiger partial charge < -0.3 is 25.7 Å². The molecule has 4 N–H and O–H groups in total. The average Bonchev–Trinajstić information content (AvgIpc) is 2.45. The highest BCUT2D eigenvalue weighted by molar-refractivity contribution is 5.82. The van der Waals surface area contributed by atoms with Gasteiger partial charge in [0.25, 0.3) is 0 Å². The molecule has 0 radical (unpaired) electrons. The van der Waals surface area contributed by atoms with Gasteiger partial charge in [-0.1, -0.05) is 0 Å². The van der Waals surface area contributed by atoms with E-state index in [0.29, 0.717) is 28.4 Å². The normalized spacial score (nSPS) is 10.2. The standard InChI is InChI=1S/C13H16N4O3/c1-18-9-5-4-7(10(19-2)11(9)20-3)8-6-16-13(15)17-12(8)14/h4-6H,1-3H3,(H4,14,15,16,17). The molecule has 0 saturated heterocycles. The first kappa shape index (κ1) is 13.7. The van der Waals surface area contributed by atoms with Gasteiger partial charge in [-0.15, -0.1) is 0 Å². The first-order valence-corrected chi connectivity index (χ1v) is 5.79. The number of nitrogens with two attached hydrogens (primary N) is 2. The van der Waals surface area contributed by atoms with E-state index < -0.39 is 0 Å². The van der Waals surface area contributed by atoms with E-state index >= 15 is 0 Å². The molecule has 0 aliphatic carbocycles. The Morgan fingerprint density at radius 2 is 1.60 bits per heavy atom. The molecule has 0 aliphatic rings. The molecule has 0 amide bonds. The second-order valence-electron chi connectivity index (χ2n) is 3.91. The predicted molar refractivity (Wildman–Crippen MR) is 75.9 cm³/mol. The van der Waals surface area contributed by atoms with Gasteiger partial charge in [0.1, 0.15) is 5.82 Å². The van der Waals surface area contributed by atoms with Crippen LogP contribution in [0.25, 0.3) is 11.1 Å². The smallest absolute Gasteiger partial charge is 0.221 e. The summed E-state index contributed by atoms with van der Waals surface area (Å²) in [5, 5.41) is 0. The third-order valence-corrected chi connectivity index (χ3v) is 2.83. The van der Waals surface area contributed by atoms with Crippen molar-refractivity contribution < 1.29 is 14.2 Å². The maximum absolute atomic E-state index is 5.88. The van der Waals surface area contributed by atoms with Crippen LogP contribution in [-0.4, -0.2) is 31.3 Å². The molecule has 7 heteroatoms. The summed E-state index contributed by atoms with van der Waals surface area (Å²) in [6.07, 6.45) is 1.54. The number of anilines is 2. The van der Waals surface area contributed by atoms with E-state index in [-0.39, 0.29) is 11.8 Å². The van der Waals surface area contributed by atoms with Crippen LogP contribution in [0.15, 0.2) is 18.3 Å². The highest BCUT2D eigenvalue weighted by atomic mass is 16.5. The number of benzene rings is 1. The molecule has 1 aromatic heterocycles. The molecule has 2 rings (SSSR count). The van der Waals surface area contributed by atoms with Crippen molar-refractivity contribution >= 4 is 11.8 Å². The molecule has 0 saturated carbocycles. The Labute approximate surface area is 116 Å². The fraction of sp³-hybridized carbons (Fsp3) is 0.231. The highest BCUT2D eigenvalue weighted by Gasteiger charge is 2.19. The summed E-state index contributed by atoms with van der Waals surface area (Å²) >= 11 is 0. The van der Waals surface area contributed by atoms with Crippen molar-refractivity contribution in [1.29, 1.82) is 0 Å². The van der Waals surface area contributed by atoms with E-state index in [4.69, 9.17) is 25.7 Å². The maximum atomic E-state index is 5.88. The molecule has 0 spiro atoms. The van der Waals surface area contributed by atoms with Gasteiger partial charge in [0.2, 0.25) is 11.7 Å². The van der Waals surface area contributed by atoms with Crippen molar-refractivity contribution in [2.75, 3.05) is 32.8 Å². The van der Waals surface area contributed by atoms with Gasteiger partial charge in [-0.25, -0.2) is 4.98 Å². The third-order valence-electron chi connectivity index (χ3n) is 2.83. The van der Waals surface area contributed by atoms with Crippen molar-refractivity contribution in [2.24, 2.45) is 0 Å². The SMILES string of the molecule is COc1ccc(-c2cnc(N)nc2N)c(OC)c1OC. The largest absolute Gasteiger partial charge is 0.493 e. The molecule has 1 heterocycles. The van der Waals surface area contributed by atoms with Crippen LogP contribution in [-0.2, 0) is 0 Å². The number of hydrogen-bond donors (Lipinski definition) is 2. The molecular formula is C13H16N4O3. The molecule has 2 aromatic rings. The van der Waals surface area contributed by atoms with Gasteiger partial charge in [-0.3, -0.25) is 0 Å². The minimum absolute atomic E-state index is 0.116. The van der Waals surface area contributed by atoms with Gasteiger partial charge in [0, 0.05) is 17.3 Å². The Bertz CT molecular complexity index is 631. The molecule has 7 nitrogen and oxygen atoms in total. The zero-order valence-corrected chi connectivity index (χ0v) is 11.5. The molecule has 0 unspecified atom stereocenters. The lowest BCUT2D eigenvalue weighted by atomic mass is 10.1. The number of hydrogen-bond acceptors (Lipinski definition) is 7. The molecular weight excluding hydrogens is 260 g/mol. The Morgan fingerprint density at radius 3 is 2.15 bits per heavy atom. The zero-order chi connectivity index (χ0) is 14.7. The van der Waals surface area contributed by atoms with Crippen LogP contribution in [0.2, 0.25) is 0 Å². The van der Waals surface area contributed by atoms with Crippen molar-refractivity contribution in [3.63, 3.8) is 0 Å². The maximum Gasteiger partial charge on any atom is 0.221 e. The summed E-state index contributed by atoms with van der Waals surface area (Å²) in [5.41, 5.74) is 12.7. The average molecular weight is 276 g/mol. The lowest BCUT2D eigenvalue weighted by Gasteiger charge is -2.16. The minimum atomic E-state index is 0.116. The van der Waals surface area contributed by atoms with Crippen molar-refractivity contribution in [3.8, 4) is 28.4 Å². The molecule has 0 aliphatic heterocycles.